The molecule has 2 aromatic heterocycles. The van der Waals surface area contributed by atoms with E-state index in [0.717, 1.165) is 16.8 Å². The number of rotatable bonds is 6. The van der Waals surface area contributed by atoms with Gasteiger partial charge < -0.3 is 10.4 Å². The van der Waals surface area contributed by atoms with Crippen molar-refractivity contribution < 1.29 is 5.11 Å². The van der Waals surface area contributed by atoms with Gasteiger partial charge >= 0.3 is 0 Å². The standard InChI is InChI=1S/C14H22N6OS/c1-9(7-21)15-12-11-13(19-20-18-11)17-14(16-12)22-8-10-5-3-2-4-6-10/h9-10,21H,2-8H2,1H3,(H2,15,16,17,18,19,20)/t9-/m1/s1. The molecule has 0 radical (unpaired) electrons. The van der Waals surface area contributed by atoms with Crippen LogP contribution >= 0.6 is 11.8 Å². The lowest BCUT2D eigenvalue weighted by Crippen LogP contribution is -2.20. The molecule has 1 aliphatic carbocycles. The van der Waals surface area contributed by atoms with Crippen LogP contribution < -0.4 is 5.32 Å². The first-order chi connectivity index (χ1) is 10.8. The highest BCUT2D eigenvalue weighted by atomic mass is 32.2. The van der Waals surface area contributed by atoms with Crippen LogP contribution in [0.25, 0.3) is 11.2 Å². The molecule has 0 spiro atoms. The number of aliphatic hydroxyl groups is 1. The Kier molecular flexibility index (Phi) is 5.09. The van der Waals surface area contributed by atoms with E-state index < -0.39 is 0 Å². The molecule has 22 heavy (non-hydrogen) atoms. The monoisotopic (exact) mass is 322 g/mol. The van der Waals surface area contributed by atoms with E-state index >= 15 is 0 Å². The summed E-state index contributed by atoms with van der Waals surface area (Å²) in [7, 11) is 0. The van der Waals surface area contributed by atoms with Crippen molar-refractivity contribution in [2.45, 2.75) is 50.2 Å². The van der Waals surface area contributed by atoms with E-state index in [2.05, 4.69) is 30.7 Å². The number of aromatic nitrogens is 5. The maximum atomic E-state index is 9.21. The topological polar surface area (TPSA) is 99.6 Å². The summed E-state index contributed by atoms with van der Waals surface area (Å²) in [5.41, 5.74) is 1.18. The second-order valence-electron chi connectivity index (χ2n) is 5.89. The Morgan fingerprint density at radius 2 is 2.09 bits per heavy atom. The number of thioether (sulfide) groups is 1. The van der Waals surface area contributed by atoms with Gasteiger partial charge in [-0.3, -0.25) is 0 Å². The van der Waals surface area contributed by atoms with E-state index in [9.17, 15) is 5.11 Å². The van der Waals surface area contributed by atoms with Crippen LogP contribution in [0.2, 0.25) is 0 Å². The molecule has 120 valence electrons. The molecule has 7 nitrogen and oxygen atoms in total. The van der Waals surface area contributed by atoms with Gasteiger partial charge in [0.05, 0.1) is 6.61 Å². The van der Waals surface area contributed by atoms with Crippen LogP contribution in [-0.4, -0.2) is 48.9 Å². The smallest absolute Gasteiger partial charge is 0.207 e. The lowest BCUT2D eigenvalue weighted by Gasteiger charge is -2.20. The van der Waals surface area contributed by atoms with Crippen molar-refractivity contribution in [3.05, 3.63) is 0 Å². The summed E-state index contributed by atoms with van der Waals surface area (Å²) in [5, 5.41) is 23.8. The summed E-state index contributed by atoms with van der Waals surface area (Å²) in [4.78, 5) is 9.01. The fourth-order valence-corrected chi connectivity index (χ4v) is 3.74. The predicted octanol–water partition coefficient (Wildman–Crippen LogP) is 2.21. The minimum absolute atomic E-state index is 0.0356. The number of H-pyrrole nitrogens is 1. The molecule has 3 rings (SSSR count). The number of hydrogen-bond acceptors (Lipinski definition) is 7. The van der Waals surface area contributed by atoms with Crippen LogP contribution in [0, 0.1) is 5.92 Å². The second kappa shape index (κ2) is 7.23. The molecule has 2 aromatic rings. The van der Waals surface area contributed by atoms with Crippen LogP contribution in [0.1, 0.15) is 39.0 Å². The van der Waals surface area contributed by atoms with Gasteiger partial charge in [-0.2, -0.15) is 15.3 Å². The lowest BCUT2D eigenvalue weighted by atomic mass is 9.91. The Hall–Kier alpha value is -1.41. The highest BCUT2D eigenvalue weighted by molar-refractivity contribution is 7.99. The van der Waals surface area contributed by atoms with Crippen molar-refractivity contribution in [3.8, 4) is 0 Å². The Bertz CT molecular complexity index is 612. The first-order valence-corrected chi connectivity index (χ1v) is 8.83. The Balaban J connectivity index is 1.74. The fourth-order valence-electron chi connectivity index (χ4n) is 2.72. The van der Waals surface area contributed by atoms with E-state index in [1.54, 1.807) is 11.8 Å². The average Bonchev–Trinajstić information content (AvgIpc) is 3.02. The molecule has 0 aromatic carbocycles. The van der Waals surface area contributed by atoms with Gasteiger partial charge in [-0.05, 0) is 25.7 Å². The van der Waals surface area contributed by atoms with Gasteiger partial charge in [0.25, 0.3) is 0 Å². The Morgan fingerprint density at radius 3 is 2.86 bits per heavy atom. The number of nitrogens with one attached hydrogen (secondary N) is 2. The molecule has 1 atom stereocenters. The average molecular weight is 322 g/mol. The van der Waals surface area contributed by atoms with Crippen molar-refractivity contribution in [1.29, 1.82) is 0 Å². The first kappa shape index (κ1) is 15.5. The second-order valence-corrected chi connectivity index (χ2v) is 6.88. The molecule has 0 aliphatic heterocycles. The zero-order valence-electron chi connectivity index (χ0n) is 12.7. The molecular weight excluding hydrogens is 300 g/mol. The third-order valence-corrected chi connectivity index (χ3v) is 5.07. The SMILES string of the molecule is C[C@H](CO)Nc1nc(SCC2CCCCC2)nc2n[nH]nc12. The molecule has 0 saturated heterocycles. The number of fused-ring (bicyclic) bond motifs is 1. The van der Waals surface area contributed by atoms with Gasteiger partial charge in [0.1, 0.15) is 0 Å². The van der Waals surface area contributed by atoms with Crippen molar-refractivity contribution in [3.63, 3.8) is 0 Å². The van der Waals surface area contributed by atoms with E-state index in [1.165, 1.54) is 32.1 Å². The quantitative estimate of drug-likeness (QED) is 0.554. The van der Waals surface area contributed by atoms with Crippen LogP contribution in [0.5, 0.6) is 0 Å². The summed E-state index contributed by atoms with van der Waals surface area (Å²) < 4.78 is 0. The lowest BCUT2D eigenvalue weighted by molar-refractivity contribution is 0.281. The number of hydrogen-bond donors (Lipinski definition) is 3. The third-order valence-electron chi connectivity index (χ3n) is 3.99. The fraction of sp³-hybridized carbons (Fsp3) is 0.714. The summed E-state index contributed by atoms with van der Waals surface area (Å²) in [5.74, 6) is 2.45. The molecule has 0 amide bonds. The molecule has 8 heteroatoms. The summed E-state index contributed by atoms with van der Waals surface area (Å²) >= 11 is 1.69. The number of nitrogens with zero attached hydrogens (tertiary/aromatic N) is 4. The zero-order chi connectivity index (χ0) is 15.4. The van der Waals surface area contributed by atoms with Crippen molar-refractivity contribution >= 4 is 28.7 Å². The molecular formula is C14H22N6OS. The van der Waals surface area contributed by atoms with Crippen molar-refractivity contribution in [2.24, 2.45) is 5.92 Å². The maximum Gasteiger partial charge on any atom is 0.207 e. The summed E-state index contributed by atoms with van der Waals surface area (Å²) in [6.07, 6.45) is 6.68. The summed E-state index contributed by atoms with van der Waals surface area (Å²) in [6, 6.07) is -0.0917. The summed E-state index contributed by atoms with van der Waals surface area (Å²) in [6.45, 7) is 1.93. The van der Waals surface area contributed by atoms with Crippen LogP contribution in [-0.2, 0) is 0 Å². The van der Waals surface area contributed by atoms with Gasteiger partial charge in [-0.1, -0.05) is 31.0 Å². The van der Waals surface area contributed by atoms with Crippen molar-refractivity contribution in [1.82, 2.24) is 25.4 Å². The minimum Gasteiger partial charge on any atom is -0.394 e. The maximum absolute atomic E-state index is 9.21. The van der Waals surface area contributed by atoms with E-state index in [-0.39, 0.29) is 12.6 Å². The van der Waals surface area contributed by atoms with E-state index in [4.69, 9.17) is 0 Å². The molecule has 2 heterocycles. The van der Waals surface area contributed by atoms with E-state index in [0.29, 0.717) is 17.0 Å². The van der Waals surface area contributed by atoms with Gasteiger partial charge in [0.2, 0.25) is 5.65 Å². The highest BCUT2D eigenvalue weighted by Gasteiger charge is 2.17. The highest BCUT2D eigenvalue weighted by Crippen LogP contribution is 2.30. The molecule has 1 saturated carbocycles. The zero-order valence-corrected chi connectivity index (χ0v) is 13.6. The molecule has 0 unspecified atom stereocenters. The van der Waals surface area contributed by atoms with Crippen LogP contribution in [0.15, 0.2) is 5.16 Å². The normalized spacial score (nSPS) is 17.7. The van der Waals surface area contributed by atoms with E-state index in [1.807, 2.05) is 6.92 Å². The molecule has 1 fully saturated rings. The minimum atomic E-state index is -0.0917. The number of anilines is 1. The molecule has 1 aliphatic rings. The van der Waals surface area contributed by atoms with Crippen molar-refractivity contribution in [2.75, 3.05) is 17.7 Å². The Morgan fingerprint density at radius 1 is 1.27 bits per heavy atom. The molecule has 3 N–H and O–H groups in total. The van der Waals surface area contributed by atoms with Gasteiger partial charge in [-0.15, -0.1) is 5.10 Å². The van der Waals surface area contributed by atoms with Gasteiger partial charge in [0.15, 0.2) is 16.5 Å². The Labute approximate surface area is 133 Å². The molecule has 0 bridgehead atoms. The van der Waals surface area contributed by atoms with Crippen LogP contribution in [0.4, 0.5) is 5.82 Å². The van der Waals surface area contributed by atoms with Gasteiger partial charge in [-0.25, -0.2) is 4.98 Å². The third kappa shape index (κ3) is 3.67. The first-order valence-electron chi connectivity index (χ1n) is 7.85. The largest absolute Gasteiger partial charge is 0.394 e. The van der Waals surface area contributed by atoms with Gasteiger partial charge in [0, 0.05) is 11.8 Å². The number of aromatic amines is 1. The number of aliphatic hydroxyl groups excluding tert-OH is 1. The predicted molar refractivity (Wildman–Crippen MR) is 86.9 cm³/mol. The van der Waals surface area contributed by atoms with Crippen LogP contribution in [0.3, 0.4) is 0 Å².